The lowest BCUT2D eigenvalue weighted by atomic mass is 9.99. The summed E-state index contributed by atoms with van der Waals surface area (Å²) in [5.74, 6) is 1.05. The van der Waals surface area contributed by atoms with Crippen LogP contribution in [0, 0.1) is 5.92 Å². The number of amides is 2. The van der Waals surface area contributed by atoms with Crippen LogP contribution in [-0.2, 0) is 0 Å². The Hall–Kier alpha value is -2.82. The molecule has 5 heteroatoms. The minimum atomic E-state index is -0.235. The van der Waals surface area contributed by atoms with Gasteiger partial charge in [0.25, 0.3) is 11.8 Å². The van der Waals surface area contributed by atoms with Crippen molar-refractivity contribution < 1.29 is 14.3 Å². The lowest BCUT2D eigenvalue weighted by Gasteiger charge is -2.31. The van der Waals surface area contributed by atoms with Crippen LogP contribution >= 0.6 is 0 Å². The van der Waals surface area contributed by atoms with Crippen molar-refractivity contribution in [3.63, 3.8) is 0 Å². The van der Waals surface area contributed by atoms with Gasteiger partial charge in [0.1, 0.15) is 5.75 Å². The second-order valence-corrected chi connectivity index (χ2v) is 6.99. The van der Waals surface area contributed by atoms with Crippen molar-refractivity contribution in [3.8, 4) is 5.75 Å². The Bertz CT molecular complexity index is 801. The molecule has 0 bridgehead atoms. The van der Waals surface area contributed by atoms with Crippen LogP contribution in [0.1, 0.15) is 47.4 Å². The number of hydrogen-bond donors (Lipinski definition) is 1. The largest absolute Gasteiger partial charge is 0.494 e. The predicted octanol–water partition coefficient (Wildman–Crippen LogP) is 4.21. The molecule has 2 amide bonds. The molecule has 2 aromatic rings. The second-order valence-electron chi connectivity index (χ2n) is 6.99. The van der Waals surface area contributed by atoms with Crippen LogP contribution in [-0.4, -0.2) is 36.4 Å². The summed E-state index contributed by atoms with van der Waals surface area (Å²) in [6.45, 7) is 6.25. The van der Waals surface area contributed by atoms with Gasteiger partial charge in [0, 0.05) is 29.9 Å². The summed E-state index contributed by atoms with van der Waals surface area (Å²) in [7, 11) is 0. The second kappa shape index (κ2) is 8.71. The summed E-state index contributed by atoms with van der Waals surface area (Å²) in [5.41, 5.74) is 1.72. The fraction of sp³-hybridized carbons (Fsp3) is 0.364. The van der Waals surface area contributed by atoms with Crippen molar-refractivity contribution in [2.75, 3.05) is 25.0 Å². The van der Waals surface area contributed by atoms with Gasteiger partial charge in [-0.1, -0.05) is 13.0 Å². The third-order valence-electron chi connectivity index (χ3n) is 4.74. The van der Waals surface area contributed by atoms with E-state index < -0.39 is 0 Å². The molecule has 142 valence electrons. The molecule has 27 heavy (non-hydrogen) atoms. The zero-order chi connectivity index (χ0) is 19.2. The van der Waals surface area contributed by atoms with Gasteiger partial charge in [0.2, 0.25) is 0 Å². The van der Waals surface area contributed by atoms with Crippen molar-refractivity contribution in [1.29, 1.82) is 0 Å². The third-order valence-corrected chi connectivity index (χ3v) is 4.74. The normalized spacial score (nSPS) is 16.7. The highest BCUT2D eigenvalue weighted by atomic mass is 16.5. The maximum absolute atomic E-state index is 12.8. The molecule has 0 spiro atoms. The van der Waals surface area contributed by atoms with Crippen LogP contribution in [0.4, 0.5) is 5.69 Å². The van der Waals surface area contributed by atoms with Crippen LogP contribution in [0.3, 0.4) is 0 Å². The van der Waals surface area contributed by atoms with E-state index in [9.17, 15) is 9.59 Å². The maximum atomic E-state index is 12.8. The average molecular weight is 366 g/mol. The smallest absolute Gasteiger partial charge is 0.255 e. The first-order valence-corrected chi connectivity index (χ1v) is 9.50. The average Bonchev–Trinajstić information content (AvgIpc) is 2.69. The van der Waals surface area contributed by atoms with E-state index in [4.69, 9.17) is 4.74 Å². The number of benzene rings is 2. The van der Waals surface area contributed by atoms with Crippen LogP contribution in [0.5, 0.6) is 5.75 Å². The minimum Gasteiger partial charge on any atom is -0.494 e. The number of ether oxygens (including phenoxy) is 1. The molecule has 1 atom stereocenters. The number of likely N-dealkylation sites (tertiary alicyclic amines) is 1. The van der Waals surface area contributed by atoms with Gasteiger partial charge in [-0.2, -0.15) is 0 Å². The number of carbonyl (C=O) groups is 2. The quantitative estimate of drug-likeness (QED) is 0.862. The fourth-order valence-electron chi connectivity index (χ4n) is 3.35. The van der Waals surface area contributed by atoms with Gasteiger partial charge < -0.3 is 15.0 Å². The van der Waals surface area contributed by atoms with E-state index in [1.807, 2.05) is 24.0 Å². The molecule has 1 unspecified atom stereocenters. The SMILES string of the molecule is CCOc1ccc(NC(=O)c2cccc(C(=O)N3CCCC(C)C3)c2)cc1. The van der Waals surface area contributed by atoms with Crippen LogP contribution in [0.2, 0.25) is 0 Å². The first kappa shape index (κ1) is 19.0. The van der Waals surface area contributed by atoms with E-state index >= 15 is 0 Å². The molecule has 3 rings (SSSR count). The van der Waals surface area contributed by atoms with Crippen LogP contribution in [0.25, 0.3) is 0 Å². The number of nitrogens with one attached hydrogen (secondary N) is 1. The molecule has 0 aliphatic carbocycles. The third kappa shape index (κ3) is 4.88. The highest BCUT2D eigenvalue weighted by Crippen LogP contribution is 2.20. The van der Waals surface area contributed by atoms with Crippen molar-refractivity contribution >= 4 is 17.5 Å². The lowest BCUT2D eigenvalue weighted by molar-refractivity contribution is 0.0683. The van der Waals surface area contributed by atoms with E-state index in [1.165, 1.54) is 0 Å². The summed E-state index contributed by atoms with van der Waals surface area (Å²) in [4.78, 5) is 27.2. The van der Waals surface area contributed by atoms with Crippen molar-refractivity contribution in [2.45, 2.75) is 26.7 Å². The number of anilines is 1. The summed E-state index contributed by atoms with van der Waals surface area (Å²) < 4.78 is 5.40. The summed E-state index contributed by atoms with van der Waals surface area (Å²) in [6.07, 6.45) is 2.19. The number of nitrogens with zero attached hydrogens (tertiary/aromatic N) is 1. The Kier molecular flexibility index (Phi) is 6.12. The fourth-order valence-corrected chi connectivity index (χ4v) is 3.35. The van der Waals surface area contributed by atoms with Gasteiger partial charge in [-0.05, 0) is 68.1 Å². The Morgan fingerprint density at radius 1 is 1.15 bits per heavy atom. The van der Waals surface area contributed by atoms with E-state index in [0.29, 0.717) is 29.3 Å². The highest BCUT2D eigenvalue weighted by molar-refractivity contribution is 6.06. The first-order chi connectivity index (χ1) is 13.1. The van der Waals surface area contributed by atoms with Crippen molar-refractivity contribution in [1.82, 2.24) is 4.90 Å². The van der Waals surface area contributed by atoms with Gasteiger partial charge in [-0.25, -0.2) is 0 Å². The summed E-state index contributed by atoms with van der Waals surface area (Å²) in [6, 6.07) is 14.2. The molecule has 0 radical (unpaired) electrons. The monoisotopic (exact) mass is 366 g/mol. The first-order valence-electron chi connectivity index (χ1n) is 9.50. The van der Waals surface area contributed by atoms with E-state index in [1.54, 1.807) is 36.4 Å². The van der Waals surface area contributed by atoms with Crippen molar-refractivity contribution in [3.05, 3.63) is 59.7 Å². The maximum Gasteiger partial charge on any atom is 0.255 e. The van der Waals surface area contributed by atoms with Crippen LogP contribution in [0.15, 0.2) is 48.5 Å². The van der Waals surface area contributed by atoms with Gasteiger partial charge in [-0.3, -0.25) is 9.59 Å². The molecule has 1 aliphatic rings. The molecular weight excluding hydrogens is 340 g/mol. The van der Waals surface area contributed by atoms with Gasteiger partial charge in [-0.15, -0.1) is 0 Å². The number of hydrogen-bond acceptors (Lipinski definition) is 3. The Balaban J connectivity index is 1.68. The molecule has 2 aromatic carbocycles. The highest BCUT2D eigenvalue weighted by Gasteiger charge is 2.22. The zero-order valence-electron chi connectivity index (χ0n) is 15.9. The number of piperidine rings is 1. The lowest BCUT2D eigenvalue weighted by Crippen LogP contribution is -2.39. The molecule has 5 nitrogen and oxygen atoms in total. The number of rotatable bonds is 5. The van der Waals surface area contributed by atoms with E-state index in [-0.39, 0.29) is 11.8 Å². The topological polar surface area (TPSA) is 58.6 Å². The zero-order valence-corrected chi connectivity index (χ0v) is 15.9. The predicted molar refractivity (Wildman–Crippen MR) is 106 cm³/mol. The molecule has 1 heterocycles. The van der Waals surface area contributed by atoms with Gasteiger partial charge >= 0.3 is 0 Å². The van der Waals surface area contributed by atoms with Gasteiger partial charge in [0.05, 0.1) is 6.61 Å². The number of carbonyl (C=O) groups excluding carboxylic acids is 2. The minimum absolute atomic E-state index is 0.00253. The molecule has 1 fully saturated rings. The molecular formula is C22H26N2O3. The van der Waals surface area contributed by atoms with Crippen molar-refractivity contribution in [2.24, 2.45) is 5.92 Å². The summed E-state index contributed by atoms with van der Waals surface area (Å²) >= 11 is 0. The standard InChI is InChI=1S/C22H26N2O3/c1-3-27-20-11-9-19(10-12-20)23-21(25)17-7-4-8-18(14-17)22(26)24-13-5-6-16(2)15-24/h4,7-12,14,16H,3,5-6,13,15H2,1-2H3,(H,23,25). The van der Waals surface area contributed by atoms with Crippen LogP contribution < -0.4 is 10.1 Å². The Morgan fingerprint density at radius 2 is 1.89 bits per heavy atom. The molecule has 1 N–H and O–H groups in total. The van der Waals surface area contributed by atoms with E-state index in [0.717, 1.165) is 31.7 Å². The van der Waals surface area contributed by atoms with Gasteiger partial charge in [0.15, 0.2) is 0 Å². The molecule has 0 saturated carbocycles. The Morgan fingerprint density at radius 3 is 2.59 bits per heavy atom. The molecule has 0 aromatic heterocycles. The molecule has 1 aliphatic heterocycles. The Labute approximate surface area is 160 Å². The van der Waals surface area contributed by atoms with E-state index in [2.05, 4.69) is 12.2 Å². The molecule has 1 saturated heterocycles. The summed E-state index contributed by atoms with van der Waals surface area (Å²) in [5, 5.41) is 2.86.